The van der Waals surface area contributed by atoms with Gasteiger partial charge in [0, 0.05) is 54.5 Å². The minimum atomic E-state index is -0.160. The highest BCUT2D eigenvalue weighted by atomic mass is 79.9. The van der Waals surface area contributed by atoms with Crippen LogP contribution in [0.25, 0.3) is 0 Å². The number of likely N-dealkylation sites (N-methyl/N-ethyl adjacent to an activating group) is 1. The van der Waals surface area contributed by atoms with E-state index in [1.54, 1.807) is 0 Å². The number of carbonyl (C=O) groups is 1. The zero-order valence-electron chi connectivity index (χ0n) is 23.8. The number of fused-ring (bicyclic) bond motifs is 1. The van der Waals surface area contributed by atoms with E-state index < -0.39 is 0 Å². The summed E-state index contributed by atoms with van der Waals surface area (Å²) < 4.78 is 6.14. The van der Waals surface area contributed by atoms with Crippen LogP contribution in [0.4, 0.5) is 11.5 Å². The van der Waals surface area contributed by atoms with Crippen molar-refractivity contribution < 1.29 is 9.53 Å². The molecule has 3 atom stereocenters. The summed E-state index contributed by atoms with van der Waals surface area (Å²) in [4.78, 5) is 19.9. The lowest BCUT2D eigenvalue weighted by Gasteiger charge is -2.32. The van der Waals surface area contributed by atoms with E-state index >= 15 is 0 Å². The Hall–Kier alpha value is -2.42. The van der Waals surface area contributed by atoms with Crippen LogP contribution in [0.2, 0.25) is 0 Å². The van der Waals surface area contributed by atoms with Gasteiger partial charge in [0.05, 0.1) is 19.2 Å². The van der Waals surface area contributed by atoms with E-state index in [1.165, 1.54) is 42.5 Å². The normalized spacial score (nSPS) is 22.4. The Balaban J connectivity index is 1.25. The summed E-state index contributed by atoms with van der Waals surface area (Å²) in [5.41, 5.74) is 6.03. The van der Waals surface area contributed by atoms with Crippen molar-refractivity contribution in [3.05, 3.63) is 63.4 Å². The fourth-order valence-corrected chi connectivity index (χ4v) is 6.86. The molecule has 1 aromatic heterocycles. The van der Waals surface area contributed by atoms with Crippen molar-refractivity contribution in [2.45, 2.75) is 64.3 Å². The SMILES string of the molecule is COC(=O)C[C@H](CN1CC[C@@H](CCc2ccc3c(n2)NCCC3)C1)c1cc(Br)cc(N2C(C)=CC(C)N2C)c1. The molecule has 0 radical (unpaired) electrons. The number of nitrogens with zero attached hydrogens (tertiary/aromatic N) is 4. The molecule has 39 heavy (non-hydrogen) atoms. The molecular weight excluding hydrogens is 554 g/mol. The molecule has 1 unspecified atom stereocenters. The number of anilines is 2. The lowest BCUT2D eigenvalue weighted by atomic mass is 9.94. The quantitative estimate of drug-likeness (QED) is 0.370. The van der Waals surface area contributed by atoms with Gasteiger partial charge >= 0.3 is 5.97 Å². The highest BCUT2D eigenvalue weighted by Crippen LogP contribution is 2.35. The summed E-state index contributed by atoms with van der Waals surface area (Å²) in [5.74, 6) is 1.65. The van der Waals surface area contributed by atoms with Gasteiger partial charge in [0.25, 0.3) is 0 Å². The third kappa shape index (κ3) is 6.67. The first kappa shape index (κ1) is 28.1. The van der Waals surface area contributed by atoms with Crippen LogP contribution in [0.3, 0.4) is 0 Å². The number of allylic oxidation sites excluding steroid dienone is 1. The minimum absolute atomic E-state index is 0.0652. The molecule has 8 heteroatoms. The molecule has 3 aliphatic heterocycles. The van der Waals surface area contributed by atoms with Gasteiger partial charge in [-0.05, 0) is 99.9 Å². The van der Waals surface area contributed by atoms with Crippen LogP contribution in [0, 0.1) is 5.92 Å². The first-order valence-electron chi connectivity index (χ1n) is 14.3. The minimum Gasteiger partial charge on any atom is -0.469 e. The smallest absolute Gasteiger partial charge is 0.306 e. The Morgan fingerprint density at radius 2 is 2.13 bits per heavy atom. The van der Waals surface area contributed by atoms with Gasteiger partial charge in [0.1, 0.15) is 5.82 Å². The molecule has 5 rings (SSSR count). The number of hydrogen-bond donors (Lipinski definition) is 1. The van der Waals surface area contributed by atoms with Gasteiger partial charge in [-0.2, -0.15) is 0 Å². The number of hydrogen-bond acceptors (Lipinski definition) is 7. The fraction of sp³-hybridized carbons (Fsp3) is 0.548. The van der Waals surface area contributed by atoms with E-state index in [2.05, 4.69) is 93.5 Å². The molecule has 0 saturated carbocycles. The first-order chi connectivity index (χ1) is 18.8. The van der Waals surface area contributed by atoms with Crippen LogP contribution in [-0.4, -0.2) is 67.2 Å². The maximum Gasteiger partial charge on any atom is 0.306 e. The number of hydrazine groups is 1. The first-order valence-corrected chi connectivity index (χ1v) is 15.1. The van der Waals surface area contributed by atoms with Crippen molar-refractivity contribution in [1.29, 1.82) is 0 Å². The predicted molar refractivity (Wildman–Crippen MR) is 161 cm³/mol. The van der Waals surface area contributed by atoms with E-state index in [1.807, 2.05) is 0 Å². The number of pyridine rings is 1. The third-order valence-corrected chi connectivity index (χ3v) is 9.05. The average molecular weight is 597 g/mol. The van der Waals surface area contributed by atoms with Crippen LogP contribution in [0.15, 0.2) is 46.6 Å². The van der Waals surface area contributed by atoms with Crippen molar-refractivity contribution in [3.8, 4) is 0 Å². The average Bonchev–Trinajstić information content (AvgIpc) is 3.48. The summed E-state index contributed by atoms with van der Waals surface area (Å²) in [6.45, 7) is 8.35. The molecule has 3 aliphatic rings. The van der Waals surface area contributed by atoms with E-state index in [9.17, 15) is 4.79 Å². The Morgan fingerprint density at radius 3 is 2.90 bits per heavy atom. The largest absolute Gasteiger partial charge is 0.469 e. The van der Waals surface area contributed by atoms with E-state index in [0.717, 1.165) is 61.4 Å². The van der Waals surface area contributed by atoms with Gasteiger partial charge in [0.2, 0.25) is 0 Å². The van der Waals surface area contributed by atoms with Crippen LogP contribution in [0.5, 0.6) is 0 Å². The molecule has 2 aromatic rings. The van der Waals surface area contributed by atoms with Crippen molar-refractivity contribution in [1.82, 2.24) is 14.9 Å². The van der Waals surface area contributed by atoms with Crippen LogP contribution < -0.4 is 10.3 Å². The van der Waals surface area contributed by atoms with Gasteiger partial charge in [-0.15, -0.1) is 0 Å². The predicted octanol–water partition coefficient (Wildman–Crippen LogP) is 5.76. The number of ether oxygens (including phenoxy) is 1. The molecule has 0 bridgehead atoms. The van der Waals surface area contributed by atoms with Gasteiger partial charge in [0.15, 0.2) is 0 Å². The molecule has 1 saturated heterocycles. The maximum atomic E-state index is 12.5. The van der Waals surface area contributed by atoms with E-state index in [4.69, 9.17) is 9.72 Å². The number of methoxy groups -OCH3 is 1. The second-order valence-corrected chi connectivity index (χ2v) is 12.4. The second kappa shape index (κ2) is 12.4. The van der Waals surface area contributed by atoms with Gasteiger partial charge in [-0.1, -0.05) is 22.0 Å². The summed E-state index contributed by atoms with van der Waals surface area (Å²) in [6.07, 6.45) is 8.32. The lowest BCUT2D eigenvalue weighted by Crippen LogP contribution is -2.37. The van der Waals surface area contributed by atoms with Gasteiger partial charge in [-0.3, -0.25) is 9.80 Å². The van der Waals surface area contributed by atoms with Crippen LogP contribution in [-0.2, 0) is 22.4 Å². The van der Waals surface area contributed by atoms with Crippen molar-refractivity contribution >= 4 is 33.4 Å². The number of aromatic nitrogens is 1. The number of aryl methyl sites for hydroxylation is 2. The van der Waals surface area contributed by atoms with E-state index in [0.29, 0.717) is 18.4 Å². The molecule has 1 fully saturated rings. The molecule has 0 spiro atoms. The van der Waals surface area contributed by atoms with Crippen LogP contribution >= 0.6 is 15.9 Å². The topological polar surface area (TPSA) is 60.9 Å². The Bertz CT molecular complexity index is 1220. The lowest BCUT2D eigenvalue weighted by molar-refractivity contribution is -0.141. The zero-order chi connectivity index (χ0) is 27.5. The number of nitrogens with one attached hydrogen (secondary N) is 1. The van der Waals surface area contributed by atoms with Gasteiger partial charge < -0.3 is 15.0 Å². The summed E-state index contributed by atoms with van der Waals surface area (Å²) >= 11 is 3.75. The third-order valence-electron chi connectivity index (χ3n) is 8.59. The van der Waals surface area contributed by atoms with Crippen LogP contribution in [0.1, 0.15) is 62.3 Å². The summed E-state index contributed by atoms with van der Waals surface area (Å²) in [5, 5.41) is 7.96. The monoisotopic (exact) mass is 595 g/mol. The number of benzene rings is 1. The number of rotatable bonds is 9. The fourth-order valence-electron chi connectivity index (χ4n) is 6.36. The van der Waals surface area contributed by atoms with Crippen molar-refractivity contribution in [2.75, 3.05) is 50.7 Å². The van der Waals surface area contributed by atoms with Crippen molar-refractivity contribution in [3.63, 3.8) is 0 Å². The van der Waals surface area contributed by atoms with E-state index in [-0.39, 0.29) is 11.9 Å². The number of likely N-dealkylation sites (tertiary alicyclic amines) is 1. The molecular formula is C31H42BrN5O2. The highest BCUT2D eigenvalue weighted by molar-refractivity contribution is 9.10. The molecule has 1 N–H and O–H groups in total. The standard InChI is InChI=1S/C31H42BrN5O2/c1-21-14-22(2)37(35(21)3)29-16-25(15-27(32)18-29)26(17-30(38)39-4)20-36-13-11-23(19-36)7-9-28-10-8-24-6-5-12-33-31(24)34-28/h8,10,14-16,18,21,23,26H,5-7,9,11-13,17,19-20H2,1-4H3,(H,33,34)/t21?,23-,26-/m1/s1. The molecule has 7 nitrogen and oxygen atoms in total. The summed E-state index contributed by atoms with van der Waals surface area (Å²) in [7, 11) is 3.60. The molecule has 0 aliphatic carbocycles. The highest BCUT2D eigenvalue weighted by Gasteiger charge is 2.29. The Kier molecular flexibility index (Phi) is 8.94. The molecule has 0 amide bonds. The molecule has 1 aromatic carbocycles. The Morgan fingerprint density at radius 1 is 1.28 bits per heavy atom. The summed E-state index contributed by atoms with van der Waals surface area (Å²) in [6, 6.07) is 11.4. The van der Waals surface area contributed by atoms with Crippen molar-refractivity contribution in [2.24, 2.45) is 5.92 Å². The Labute approximate surface area is 241 Å². The molecule has 4 heterocycles. The molecule has 210 valence electrons. The maximum absolute atomic E-state index is 12.5. The number of esters is 1. The number of halogens is 1. The second-order valence-electron chi connectivity index (χ2n) is 11.4. The van der Waals surface area contributed by atoms with Gasteiger partial charge in [-0.25, -0.2) is 9.99 Å². The number of carbonyl (C=O) groups excluding carboxylic acids is 1. The zero-order valence-corrected chi connectivity index (χ0v) is 25.3.